The molecular weight excluding hydrogens is 213 g/mol. The second-order valence-electron chi connectivity index (χ2n) is 6.13. The molecule has 0 bridgehead atoms. The zero-order valence-electron chi connectivity index (χ0n) is 11.0. The average Bonchev–Trinajstić information content (AvgIpc) is 2.18. The summed E-state index contributed by atoms with van der Waals surface area (Å²) in [5.74, 6) is 1.18. The predicted octanol–water partition coefficient (Wildman–Crippen LogP) is 3.71. The summed E-state index contributed by atoms with van der Waals surface area (Å²) in [6.07, 6.45) is 2.52. The first-order valence-electron chi connectivity index (χ1n) is 6.46. The summed E-state index contributed by atoms with van der Waals surface area (Å²) in [4.78, 5) is 0. The van der Waals surface area contributed by atoms with Crippen molar-refractivity contribution in [3.63, 3.8) is 0 Å². The van der Waals surface area contributed by atoms with Crippen LogP contribution in [0.25, 0.3) is 0 Å². The molecule has 1 aliphatic rings. The molecule has 0 amide bonds. The third-order valence-electron chi connectivity index (χ3n) is 3.61. The quantitative estimate of drug-likeness (QED) is 0.842. The lowest BCUT2D eigenvalue weighted by molar-refractivity contribution is 0.225. The van der Waals surface area contributed by atoms with Crippen LogP contribution >= 0.6 is 0 Å². The van der Waals surface area contributed by atoms with E-state index in [0.29, 0.717) is 11.8 Å². The third-order valence-corrected chi connectivity index (χ3v) is 3.61. The smallest absolute Gasteiger partial charge is 0.123 e. The fraction of sp³-hybridized carbons (Fsp3) is 0.600. The topological polar surface area (TPSA) is 12.0 Å². The molecule has 2 heteroatoms. The first kappa shape index (κ1) is 12.6. The highest BCUT2D eigenvalue weighted by Crippen LogP contribution is 2.42. The molecule has 0 heterocycles. The number of benzene rings is 1. The number of hydrogen-bond donors (Lipinski definition) is 1. The van der Waals surface area contributed by atoms with Crippen LogP contribution in [0.5, 0.6) is 0 Å². The second kappa shape index (κ2) is 4.77. The molecule has 1 aromatic rings. The zero-order valence-corrected chi connectivity index (χ0v) is 11.0. The van der Waals surface area contributed by atoms with Crippen LogP contribution < -0.4 is 5.32 Å². The fourth-order valence-corrected chi connectivity index (χ4v) is 2.40. The zero-order chi connectivity index (χ0) is 12.5. The van der Waals surface area contributed by atoms with Crippen LogP contribution in [0.15, 0.2) is 24.3 Å². The Morgan fingerprint density at radius 2 is 1.82 bits per heavy atom. The lowest BCUT2D eigenvalue weighted by Gasteiger charge is -2.39. The summed E-state index contributed by atoms with van der Waals surface area (Å²) in [6.45, 7) is 7.64. The number of halogens is 1. The van der Waals surface area contributed by atoms with E-state index < -0.39 is 0 Å². The summed E-state index contributed by atoms with van der Waals surface area (Å²) in [6, 6.07) is 7.01. The SMILES string of the molecule is CC(C)(C)NCC1CCC1c1ccc(F)cc1. The Bertz CT molecular complexity index is 364. The monoisotopic (exact) mass is 235 g/mol. The van der Waals surface area contributed by atoms with Crippen molar-refractivity contribution in [2.24, 2.45) is 5.92 Å². The van der Waals surface area contributed by atoms with Gasteiger partial charge in [0.1, 0.15) is 5.82 Å². The van der Waals surface area contributed by atoms with E-state index in [1.54, 1.807) is 12.1 Å². The van der Waals surface area contributed by atoms with Gasteiger partial charge in [-0.3, -0.25) is 0 Å². The largest absolute Gasteiger partial charge is 0.312 e. The Balaban J connectivity index is 1.92. The van der Waals surface area contributed by atoms with Crippen LogP contribution in [-0.4, -0.2) is 12.1 Å². The summed E-state index contributed by atoms with van der Waals surface area (Å²) < 4.78 is 12.9. The predicted molar refractivity (Wildman–Crippen MR) is 69.6 cm³/mol. The highest BCUT2D eigenvalue weighted by Gasteiger charge is 2.32. The lowest BCUT2D eigenvalue weighted by atomic mass is 9.70. The molecule has 94 valence electrons. The molecule has 0 aliphatic heterocycles. The third kappa shape index (κ3) is 3.29. The number of rotatable bonds is 3. The Morgan fingerprint density at radius 1 is 1.18 bits per heavy atom. The minimum atomic E-state index is -0.141. The summed E-state index contributed by atoms with van der Waals surface area (Å²) in [5.41, 5.74) is 1.47. The molecule has 2 atom stereocenters. The van der Waals surface area contributed by atoms with Crippen LogP contribution in [0.4, 0.5) is 4.39 Å². The van der Waals surface area contributed by atoms with Crippen molar-refractivity contribution in [3.8, 4) is 0 Å². The molecule has 0 radical (unpaired) electrons. The van der Waals surface area contributed by atoms with Gasteiger partial charge in [-0.2, -0.15) is 0 Å². The molecule has 1 fully saturated rings. The van der Waals surface area contributed by atoms with Crippen molar-refractivity contribution in [1.29, 1.82) is 0 Å². The lowest BCUT2D eigenvalue weighted by Crippen LogP contribution is -2.42. The maximum Gasteiger partial charge on any atom is 0.123 e. The summed E-state index contributed by atoms with van der Waals surface area (Å²) in [7, 11) is 0. The van der Waals surface area contributed by atoms with E-state index in [4.69, 9.17) is 0 Å². The van der Waals surface area contributed by atoms with Gasteiger partial charge >= 0.3 is 0 Å². The molecule has 1 aliphatic carbocycles. The number of hydrogen-bond acceptors (Lipinski definition) is 1. The van der Waals surface area contributed by atoms with E-state index in [-0.39, 0.29) is 11.4 Å². The first-order valence-corrected chi connectivity index (χ1v) is 6.46. The molecule has 0 spiro atoms. The van der Waals surface area contributed by atoms with Gasteiger partial charge in [-0.15, -0.1) is 0 Å². The van der Waals surface area contributed by atoms with E-state index in [1.165, 1.54) is 18.4 Å². The van der Waals surface area contributed by atoms with E-state index in [0.717, 1.165) is 6.54 Å². The standard InChI is InChI=1S/C15H22FN/c1-15(2,3)17-10-12-6-9-14(12)11-4-7-13(16)8-5-11/h4-5,7-8,12,14,17H,6,9-10H2,1-3H3. The molecular formula is C15H22FN. The van der Waals surface area contributed by atoms with Crippen molar-refractivity contribution >= 4 is 0 Å². The molecule has 1 saturated carbocycles. The minimum Gasteiger partial charge on any atom is -0.312 e. The van der Waals surface area contributed by atoms with Gasteiger partial charge in [0, 0.05) is 5.54 Å². The first-order chi connectivity index (χ1) is 7.96. The molecule has 0 saturated heterocycles. The Labute approximate surface area is 103 Å². The van der Waals surface area contributed by atoms with Gasteiger partial charge in [0.2, 0.25) is 0 Å². The van der Waals surface area contributed by atoms with Gasteiger partial charge in [-0.1, -0.05) is 12.1 Å². The summed E-state index contributed by atoms with van der Waals surface area (Å²) in [5, 5.41) is 3.56. The van der Waals surface area contributed by atoms with Gasteiger partial charge < -0.3 is 5.32 Å². The van der Waals surface area contributed by atoms with Crippen molar-refractivity contribution in [2.45, 2.75) is 45.1 Å². The van der Waals surface area contributed by atoms with Crippen molar-refractivity contribution in [1.82, 2.24) is 5.32 Å². The molecule has 1 aromatic carbocycles. The Hall–Kier alpha value is -0.890. The highest BCUT2D eigenvalue weighted by atomic mass is 19.1. The van der Waals surface area contributed by atoms with E-state index >= 15 is 0 Å². The molecule has 2 rings (SSSR count). The Morgan fingerprint density at radius 3 is 2.29 bits per heavy atom. The molecule has 0 aromatic heterocycles. The average molecular weight is 235 g/mol. The van der Waals surface area contributed by atoms with Crippen LogP contribution in [0.3, 0.4) is 0 Å². The molecule has 17 heavy (non-hydrogen) atoms. The van der Waals surface area contributed by atoms with Crippen LogP contribution in [0.2, 0.25) is 0 Å². The van der Waals surface area contributed by atoms with E-state index in [1.807, 2.05) is 12.1 Å². The van der Waals surface area contributed by atoms with Crippen LogP contribution in [-0.2, 0) is 0 Å². The van der Waals surface area contributed by atoms with Crippen molar-refractivity contribution in [2.75, 3.05) is 6.54 Å². The van der Waals surface area contributed by atoms with Gasteiger partial charge in [-0.05, 0) is 69.7 Å². The van der Waals surface area contributed by atoms with Gasteiger partial charge in [0.25, 0.3) is 0 Å². The maximum atomic E-state index is 12.9. The van der Waals surface area contributed by atoms with Crippen LogP contribution in [0.1, 0.15) is 45.1 Å². The van der Waals surface area contributed by atoms with Gasteiger partial charge in [0.15, 0.2) is 0 Å². The van der Waals surface area contributed by atoms with E-state index in [9.17, 15) is 4.39 Å². The Kier molecular flexibility index (Phi) is 3.53. The highest BCUT2D eigenvalue weighted by molar-refractivity contribution is 5.23. The van der Waals surface area contributed by atoms with Crippen molar-refractivity contribution < 1.29 is 4.39 Å². The normalized spacial score (nSPS) is 24.5. The van der Waals surface area contributed by atoms with Gasteiger partial charge in [0.05, 0.1) is 0 Å². The fourth-order valence-electron chi connectivity index (χ4n) is 2.40. The second-order valence-corrected chi connectivity index (χ2v) is 6.13. The molecule has 1 N–H and O–H groups in total. The van der Waals surface area contributed by atoms with E-state index in [2.05, 4.69) is 26.1 Å². The summed E-state index contributed by atoms with van der Waals surface area (Å²) >= 11 is 0. The van der Waals surface area contributed by atoms with Gasteiger partial charge in [-0.25, -0.2) is 4.39 Å². The minimum absolute atomic E-state index is 0.141. The molecule has 1 nitrogen and oxygen atoms in total. The molecule has 2 unspecified atom stereocenters. The van der Waals surface area contributed by atoms with Crippen molar-refractivity contribution in [3.05, 3.63) is 35.6 Å². The maximum absolute atomic E-state index is 12.9. The number of nitrogens with one attached hydrogen (secondary N) is 1. The van der Waals surface area contributed by atoms with Crippen LogP contribution in [0, 0.1) is 11.7 Å².